The van der Waals surface area contributed by atoms with E-state index in [1.165, 1.54) is 6.07 Å². The number of aliphatic hydroxyl groups excluding tert-OH is 1. The number of halogens is 1. The molecule has 1 aromatic rings. The quantitative estimate of drug-likeness (QED) is 0.730. The standard InChI is InChI=1S/C10H14FNO/c1-6-3-4-9(11)8(5-6)10(13)7(2)12/h3-5,7,10,13H,12H2,1-2H3. The monoisotopic (exact) mass is 183 g/mol. The number of aliphatic hydroxyl groups is 1. The first-order valence-corrected chi connectivity index (χ1v) is 4.22. The van der Waals surface area contributed by atoms with Crippen LogP contribution in [0.2, 0.25) is 0 Å². The molecule has 2 nitrogen and oxygen atoms in total. The Morgan fingerprint density at radius 1 is 1.46 bits per heavy atom. The molecule has 0 saturated carbocycles. The maximum Gasteiger partial charge on any atom is 0.129 e. The number of nitrogens with two attached hydrogens (primary N) is 1. The molecule has 0 aliphatic rings. The average Bonchev–Trinajstić information content (AvgIpc) is 2.08. The molecule has 2 unspecified atom stereocenters. The van der Waals surface area contributed by atoms with Crippen molar-refractivity contribution in [3.05, 3.63) is 35.1 Å². The second kappa shape index (κ2) is 3.85. The van der Waals surface area contributed by atoms with E-state index in [-0.39, 0.29) is 5.56 Å². The van der Waals surface area contributed by atoms with Gasteiger partial charge in [-0.1, -0.05) is 17.7 Å². The zero-order valence-electron chi connectivity index (χ0n) is 7.79. The predicted octanol–water partition coefficient (Wildman–Crippen LogP) is 1.51. The number of rotatable bonds is 2. The van der Waals surface area contributed by atoms with Gasteiger partial charge in [-0.2, -0.15) is 0 Å². The Morgan fingerprint density at radius 2 is 2.08 bits per heavy atom. The maximum atomic E-state index is 13.2. The van der Waals surface area contributed by atoms with Crippen molar-refractivity contribution in [3.8, 4) is 0 Å². The summed E-state index contributed by atoms with van der Waals surface area (Å²) in [5, 5.41) is 9.54. The van der Waals surface area contributed by atoms with Gasteiger partial charge in [-0.15, -0.1) is 0 Å². The Kier molecular flexibility index (Phi) is 3.01. The number of aryl methyl sites for hydroxylation is 1. The molecule has 0 fully saturated rings. The molecule has 0 amide bonds. The molecule has 13 heavy (non-hydrogen) atoms. The molecule has 1 rings (SSSR count). The molecule has 0 aliphatic heterocycles. The van der Waals surface area contributed by atoms with Crippen molar-refractivity contribution in [1.82, 2.24) is 0 Å². The smallest absolute Gasteiger partial charge is 0.129 e. The van der Waals surface area contributed by atoms with Gasteiger partial charge < -0.3 is 10.8 Å². The average molecular weight is 183 g/mol. The lowest BCUT2D eigenvalue weighted by molar-refractivity contribution is 0.149. The molecule has 3 N–H and O–H groups in total. The normalized spacial score (nSPS) is 15.5. The Hall–Kier alpha value is -0.930. The summed E-state index contributed by atoms with van der Waals surface area (Å²) >= 11 is 0. The molecule has 0 aromatic heterocycles. The third kappa shape index (κ3) is 2.26. The fraction of sp³-hybridized carbons (Fsp3) is 0.400. The first-order valence-electron chi connectivity index (χ1n) is 4.22. The summed E-state index contributed by atoms with van der Waals surface area (Å²) in [7, 11) is 0. The van der Waals surface area contributed by atoms with Gasteiger partial charge in [0.1, 0.15) is 5.82 Å². The first kappa shape index (κ1) is 10.2. The van der Waals surface area contributed by atoms with E-state index in [4.69, 9.17) is 5.73 Å². The van der Waals surface area contributed by atoms with Gasteiger partial charge in [-0.25, -0.2) is 4.39 Å². The van der Waals surface area contributed by atoms with E-state index >= 15 is 0 Å². The molecule has 72 valence electrons. The molecule has 1 aromatic carbocycles. The van der Waals surface area contributed by atoms with Crippen molar-refractivity contribution in [2.45, 2.75) is 26.0 Å². The van der Waals surface area contributed by atoms with Crippen LogP contribution in [-0.4, -0.2) is 11.1 Å². The van der Waals surface area contributed by atoms with Crippen molar-refractivity contribution < 1.29 is 9.50 Å². The molecule has 0 saturated heterocycles. The van der Waals surface area contributed by atoms with Gasteiger partial charge >= 0.3 is 0 Å². The highest BCUT2D eigenvalue weighted by molar-refractivity contribution is 5.26. The molecule has 0 bridgehead atoms. The van der Waals surface area contributed by atoms with Gasteiger partial charge in [0.25, 0.3) is 0 Å². The Labute approximate surface area is 77.2 Å². The largest absolute Gasteiger partial charge is 0.387 e. The van der Waals surface area contributed by atoms with E-state index < -0.39 is 18.0 Å². The van der Waals surface area contributed by atoms with Crippen molar-refractivity contribution >= 4 is 0 Å². The first-order chi connectivity index (χ1) is 6.02. The van der Waals surface area contributed by atoms with Crippen LogP contribution in [0, 0.1) is 12.7 Å². The molecular weight excluding hydrogens is 169 g/mol. The van der Waals surface area contributed by atoms with Gasteiger partial charge in [-0.3, -0.25) is 0 Å². The van der Waals surface area contributed by atoms with Crippen LogP contribution >= 0.6 is 0 Å². The maximum absolute atomic E-state index is 13.2. The highest BCUT2D eigenvalue weighted by Gasteiger charge is 2.16. The molecule has 2 atom stereocenters. The van der Waals surface area contributed by atoms with Gasteiger partial charge in [0.2, 0.25) is 0 Å². The van der Waals surface area contributed by atoms with Crippen molar-refractivity contribution in [1.29, 1.82) is 0 Å². The van der Waals surface area contributed by atoms with Gasteiger partial charge in [0, 0.05) is 11.6 Å². The molecule has 3 heteroatoms. The highest BCUT2D eigenvalue weighted by Crippen LogP contribution is 2.20. The van der Waals surface area contributed by atoms with Gasteiger partial charge in [0.05, 0.1) is 6.10 Å². The zero-order valence-corrected chi connectivity index (χ0v) is 7.79. The summed E-state index contributed by atoms with van der Waals surface area (Å²) in [5.41, 5.74) is 6.66. The number of benzene rings is 1. The number of hydrogen-bond acceptors (Lipinski definition) is 2. The van der Waals surface area contributed by atoms with Crippen LogP contribution in [0.5, 0.6) is 0 Å². The Bertz CT molecular complexity index is 299. The van der Waals surface area contributed by atoms with E-state index in [1.807, 2.05) is 6.92 Å². The van der Waals surface area contributed by atoms with Crippen LogP contribution in [0.4, 0.5) is 4.39 Å². The summed E-state index contributed by atoms with van der Waals surface area (Å²) in [6, 6.07) is 4.16. The fourth-order valence-electron chi connectivity index (χ4n) is 1.17. The second-order valence-corrected chi connectivity index (χ2v) is 3.33. The SMILES string of the molecule is Cc1ccc(F)c(C(O)C(C)N)c1. The minimum absolute atomic E-state index is 0.273. The van der Waals surface area contributed by atoms with Gasteiger partial charge in [-0.05, 0) is 19.9 Å². The van der Waals surface area contributed by atoms with E-state index in [2.05, 4.69) is 0 Å². The molecule has 0 aliphatic carbocycles. The van der Waals surface area contributed by atoms with E-state index in [0.717, 1.165) is 5.56 Å². The predicted molar refractivity (Wildman–Crippen MR) is 49.7 cm³/mol. The lowest BCUT2D eigenvalue weighted by atomic mass is 10.0. The summed E-state index contributed by atoms with van der Waals surface area (Å²) < 4.78 is 13.2. The molecule has 0 radical (unpaired) electrons. The molecular formula is C10H14FNO. The third-order valence-electron chi connectivity index (χ3n) is 1.97. The topological polar surface area (TPSA) is 46.2 Å². The lowest BCUT2D eigenvalue weighted by Gasteiger charge is -2.15. The zero-order chi connectivity index (χ0) is 10.0. The van der Waals surface area contributed by atoms with E-state index in [9.17, 15) is 9.50 Å². The van der Waals surface area contributed by atoms with E-state index in [0.29, 0.717) is 0 Å². The van der Waals surface area contributed by atoms with Crippen LogP contribution in [0.1, 0.15) is 24.2 Å². The summed E-state index contributed by atoms with van der Waals surface area (Å²) in [4.78, 5) is 0. The van der Waals surface area contributed by atoms with Crippen molar-refractivity contribution in [2.75, 3.05) is 0 Å². The lowest BCUT2D eigenvalue weighted by Crippen LogP contribution is -2.25. The highest BCUT2D eigenvalue weighted by atomic mass is 19.1. The summed E-state index contributed by atoms with van der Waals surface area (Å²) in [6.07, 6.45) is -0.931. The Morgan fingerprint density at radius 3 is 2.62 bits per heavy atom. The molecule has 0 heterocycles. The van der Waals surface area contributed by atoms with Crippen LogP contribution in [0.3, 0.4) is 0 Å². The molecule has 0 spiro atoms. The van der Waals surface area contributed by atoms with Crippen molar-refractivity contribution in [2.24, 2.45) is 5.73 Å². The minimum Gasteiger partial charge on any atom is -0.387 e. The second-order valence-electron chi connectivity index (χ2n) is 3.33. The van der Waals surface area contributed by atoms with Crippen LogP contribution in [-0.2, 0) is 0 Å². The van der Waals surface area contributed by atoms with Crippen molar-refractivity contribution in [3.63, 3.8) is 0 Å². The Balaban J connectivity index is 3.05. The summed E-state index contributed by atoms with van der Waals surface area (Å²) in [6.45, 7) is 3.49. The summed E-state index contributed by atoms with van der Waals surface area (Å²) in [5.74, 6) is -0.407. The third-order valence-corrected chi connectivity index (χ3v) is 1.97. The fourth-order valence-corrected chi connectivity index (χ4v) is 1.17. The number of hydrogen-bond donors (Lipinski definition) is 2. The van der Waals surface area contributed by atoms with Crippen LogP contribution < -0.4 is 5.73 Å². The van der Waals surface area contributed by atoms with Crippen LogP contribution in [0.15, 0.2) is 18.2 Å². The van der Waals surface area contributed by atoms with Gasteiger partial charge in [0.15, 0.2) is 0 Å². The van der Waals surface area contributed by atoms with Crippen LogP contribution in [0.25, 0.3) is 0 Å². The van der Waals surface area contributed by atoms with E-state index in [1.54, 1.807) is 19.1 Å². The minimum atomic E-state index is -0.931.